The Morgan fingerprint density at radius 2 is 2.07 bits per heavy atom. The topological polar surface area (TPSA) is 76.9 Å². The minimum Gasteiger partial charge on any atom is -0.377 e. The highest BCUT2D eigenvalue weighted by atomic mass is 16.5. The van der Waals surface area contributed by atoms with E-state index in [9.17, 15) is 0 Å². The normalized spacial score (nSPS) is 12.9. The Bertz CT molecular complexity index is 166. The first-order valence-corrected chi connectivity index (χ1v) is 4.88. The first-order valence-electron chi connectivity index (χ1n) is 4.88. The molecule has 0 aliphatic carbocycles. The summed E-state index contributed by atoms with van der Waals surface area (Å²) in [5.74, 6) is 0.125. The van der Waals surface area contributed by atoms with E-state index in [0.717, 1.165) is 13.0 Å². The van der Waals surface area contributed by atoms with Crippen LogP contribution in [0.3, 0.4) is 0 Å². The van der Waals surface area contributed by atoms with Crippen molar-refractivity contribution >= 4 is 5.96 Å². The monoisotopic (exact) mass is 202 g/mol. The Labute approximate surface area is 86.1 Å². The molecule has 0 heterocycles. The van der Waals surface area contributed by atoms with Crippen LogP contribution in [0.2, 0.25) is 0 Å². The summed E-state index contributed by atoms with van der Waals surface area (Å²) in [6.07, 6.45) is 1.06. The summed E-state index contributed by atoms with van der Waals surface area (Å²) < 4.78 is 5.50. The molecule has 0 spiro atoms. The molecule has 0 amide bonds. The molecular formula is C9H22N4O. The van der Waals surface area contributed by atoms with Gasteiger partial charge >= 0.3 is 0 Å². The van der Waals surface area contributed by atoms with E-state index in [4.69, 9.17) is 16.2 Å². The minimum atomic E-state index is 0.115. The van der Waals surface area contributed by atoms with Crippen molar-refractivity contribution in [1.82, 2.24) is 4.90 Å². The number of guanidine groups is 1. The van der Waals surface area contributed by atoms with E-state index < -0.39 is 0 Å². The van der Waals surface area contributed by atoms with Crippen molar-refractivity contribution in [2.24, 2.45) is 16.5 Å². The van der Waals surface area contributed by atoms with Gasteiger partial charge in [0, 0.05) is 13.2 Å². The molecule has 0 saturated carbocycles. The smallest absolute Gasteiger partial charge is 0.185 e. The van der Waals surface area contributed by atoms with Gasteiger partial charge in [0.2, 0.25) is 0 Å². The van der Waals surface area contributed by atoms with Gasteiger partial charge in [-0.2, -0.15) is 0 Å². The summed E-state index contributed by atoms with van der Waals surface area (Å²) in [6, 6.07) is 0. The molecule has 0 aromatic rings. The van der Waals surface area contributed by atoms with Gasteiger partial charge in [-0.05, 0) is 27.4 Å². The molecule has 14 heavy (non-hydrogen) atoms. The van der Waals surface area contributed by atoms with E-state index in [1.807, 2.05) is 21.0 Å². The van der Waals surface area contributed by atoms with Gasteiger partial charge in [-0.3, -0.25) is 4.99 Å². The van der Waals surface area contributed by atoms with Crippen molar-refractivity contribution in [3.8, 4) is 0 Å². The lowest BCUT2D eigenvalue weighted by Gasteiger charge is -2.17. The molecule has 84 valence electrons. The van der Waals surface area contributed by atoms with Gasteiger partial charge in [0.25, 0.3) is 0 Å². The number of rotatable bonds is 7. The van der Waals surface area contributed by atoms with Crippen molar-refractivity contribution in [2.45, 2.75) is 19.4 Å². The zero-order valence-electron chi connectivity index (χ0n) is 9.36. The fourth-order valence-corrected chi connectivity index (χ4v) is 1.07. The molecule has 0 aromatic carbocycles. The van der Waals surface area contributed by atoms with Crippen LogP contribution in [0.4, 0.5) is 0 Å². The van der Waals surface area contributed by atoms with Gasteiger partial charge in [0.05, 0.1) is 12.6 Å². The van der Waals surface area contributed by atoms with Crippen LogP contribution in [0.1, 0.15) is 13.3 Å². The van der Waals surface area contributed by atoms with Crippen LogP contribution in [0, 0.1) is 0 Å². The lowest BCUT2D eigenvalue weighted by Crippen LogP contribution is -2.28. The molecule has 0 aromatic heterocycles. The Kier molecular flexibility index (Phi) is 7.14. The molecule has 1 atom stereocenters. The fourth-order valence-electron chi connectivity index (χ4n) is 1.07. The van der Waals surface area contributed by atoms with Crippen LogP contribution in [-0.4, -0.2) is 50.8 Å². The number of aliphatic imine (C=N–C) groups is 1. The Morgan fingerprint density at radius 3 is 2.50 bits per heavy atom. The van der Waals surface area contributed by atoms with Crippen LogP contribution in [-0.2, 0) is 4.74 Å². The first kappa shape index (κ1) is 13.2. The molecule has 0 aliphatic heterocycles. The number of hydrogen-bond donors (Lipinski definition) is 2. The van der Waals surface area contributed by atoms with Crippen LogP contribution in [0.15, 0.2) is 4.99 Å². The van der Waals surface area contributed by atoms with Crippen molar-refractivity contribution in [3.63, 3.8) is 0 Å². The second-order valence-electron chi connectivity index (χ2n) is 3.43. The summed E-state index contributed by atoms with van der Waals surface area (Å²) >= 11 is 0. The van der Waals surface area contributed by atoms with E-state index >= 15 is 0 Å². The summed E-state index contributed by atoms with van der Waals surface area (Å²) in [6.45, 7) is 4.19. The maximum Gasteiger partial charge on any atom is 0.185 e. The number of nitrogens with two attached hydrogens (primary N) is 2. The molecule has 0 radical (unpaired) electrons. The summed E-state index contributed by atoms with van der Waals surface area (Å²) in [5, 5.41) is 0. The second kappa shape index (κ2) is 7.58. The summed E-state index contributed by atoms with van der Waals surface area (Å²) in [5.41, 5.74) is 10.5. The molecule has 5 nitrogen and oxygen atoms in total. The third-order valence-corrected chi connectivity index (χ3v) is 1.78. The summed E-state index contributed by atoms with van der Waals surface area (Å²) in [7, 11) is 4.06. The largest absolute Gasteiger partial charge is 0.377 e. The molecular weight excluding hydrogens is 180 g/mol. The van der Waals surface area contributed by atoms with Gasteiger partial charge < -0.3 is 21.1 Å². The second-order valence-corrected chi connectivity index (χ2v) is 3.43. The third kappa shape index (κ3) is 7.82. The zero-order valence-corrected chi connectivity index (χ0v) is 9.36. The average Bonchev–Trinajstić information content (AvgIpc) is 2.09. The molecule has 1 unspecified atom stereocenters. The van der Waals surface area contributed by atoms with Crippen LogP contribution in [0.5, 0.6) is 0 Å². The molecule has 5 heteroatoms. The highest BCUT2D eigenvalue weighted by molar-refractivity contribution is 5.75. The standard InChI is InChI=1S/C9H22N4O/c1-4-14-8(5-6-13(2)3)7-12-9(10)11/h8H,4-7H2,1-3H3,(H4,10,11,12). The predicted molar refractivity (Wildman–Crippen MR) is 59.3 cm³/mol. The van der Waals surface area contributed by atoms with E-state index in [0.29, 0.717) is 13.2 Å². The highest BCUT2D eigenvalue weighted by Gasteiger charge is 2.07. The quantitative estimate of drug-likeness (QED) is 0.436. The average molecular weight is 202 g/mol. The van der Waals surface area contributed by atoms with E-state index in [2.05, 4.69) is 9.89 Å². The molecule has 4 N–H and O–H groups in total. The molecule has 0 saturated heterocycles. The van der Waals surface area contributed by atoms with Gasteiger partial charge in [-0.15, -0.1) is 0 Å². The Morgan fingerprint density at radius 1 is 1.43 bits per heavy atom. The summed E-state index contributed by atoms with van der Waals surface area (Å²) in [4.78, 5) is 6.06. The van der Waals surface area contributed by atoms with Crippen molar-refractivity contribution in [1.29, 1.82) is 0 Å². The Balaban J connectivity index is 3.83. The minimum absolute atomic E-state index is 0.115. The van der Waals surface area contributed by atoms with Crippen LogP contribution in [0.25, 0.3) is 0 Å². The third-order valence-electron chi connectivity index (χ3n) is 1.78. The molecule has 0 rings (SSSR count). The van der Waals surface area contributed by atoms with Crippen molar-refractivity contribution in [3.05, 3.63) is 0 Å². The van der Waals surface area contributed by atoms with Crippen LogP contribution >= 0.6 is 0 Å². The molecule has 0 aliphatic rings. The van der Waals surface area contributed by atoms with Crippen LogP contribution < -0.4 is 11.5 Å². The van der Waals surface area contributed by atoms with E-state index in [-0.39, 0.29) is 12.1 Å². The SMILES string of the molecule is CCOC(CCN(C)C)CN=C(N)N. The maximum absolute atomic E-state index is 5.50. The lowest BCUT2D eigenvalue weighted by molar-refractivity contribution is 0.0583. The predicted octanol–water partition coefficient (Wildman–Crippen LogP) is -0.383. The van der Waals surface area contributed by atoms with Crippen molar-refractivity contribution < 1.29 is 4.74 Å². The zero-order chi connectivity index (χ0) is 11.0. The molecule has 0 bridgehead atoms. The highest BCUT2D eigenvalue weighted by Crippen LogP contribution is 2.00. The van der Waals surface area contributed by atoms with E-state index in [1.54, 1.807) is 0 Å². The first-order chi connectivity index (χ1) is 6.56. The Hall–Kier alpha value is -0.810. The van der Waals surface area contributed by atoms with Gasteiger partial charge in [0.1, 0.15) is 0 Å². The van der Waals surface area contributed by atoms with Gasteiger partial charge in [-0.1, -0.05) is 0 Å². The number of ether oxygens (including phenoxy) is 1. The fraction of sp³-hybridized carbons (Fsp3) is 0.889. The van der Waals surface area contributed by atoms with Gasteiger partial charge in [-0.25, -0.2) is 0 Å². The van der Waals surface area contributed by atoms with E-state index in [1.165, 1.54) is 0 Å². The lowest BCUT2D eigenvalue weighted by atomic mass is 10.2. The maximum atomic E-state index is 5.50. The molecule has 0 fully saturated rings. The van der Waals surface area contributed by atoms with Crippen molar-refractivity contribution in [2.75, 3.05) is 33.8 Å². The van der Waals surface area contributed by atoms with Gasteiger partial charge in [0.15, 0.2) is 5.96 Å². The number of hydrogen-bond acceptors (Lipinski definition) is 3. The number of nitrogens with zero attached hydrogens (tertiary/aromatic N) is 2.